The number of amides is 1. The van der Waals surface area contributed by atoms with Crippen molar-refractivity contribution < 1.29 is 18.7 Å². The lowest BCUT2D eigenvalue weighted by Crippen LogP contribution is -2.49. The molecule has 1 fully saturated rings. The number of piperazine rings is 1. The molecule has 30 heavy (non-hydrogen) atoms. The first-order valence-electron chi connectivity index (χ1n) is 10.5. The van der Waals surface area contributed by atoms with Gasteiger partial charge < -0.3 is 18.8 Å². The largest absolute Gasteiger partial charge is 0.461 e. The molecule has 1 aliphatic rings. The first-order valence-corrected chi connectivity index (χ1v) is 10.5. The number of carbonyl (C=O) groups is 1. The summed E-state index contributed by atoms with van der Waals surface area (Å²) in [7, 11) is 0. The Morgan fingerprint density at radius 1 is 1.00 bits per heavy atom. The fourth-order valence-electron chi connectivity index (χ4n) is 4.27. The third-order valence-electron chi connectivity index (χ3n) is 6.31. The van der Waals surface area contributed by atoms with Crippen molar-refractivity contribution in [1.82, 2.24) is 9.80 Å². The first kappa shape index (κ1) is 20.6. The number of fused-ring (bicyclic) bond motifs is 2. The second-order valence-electron chi connectivity index (χ2n) is 8.07. The second-order valence-corrected chi connectivity index (χ2v) is 8.07. The SMILES string of the molecule is Cc1oc2cc3oc(=O)c(CCC(=O)N4CCN(CCO)CC4)c(C)c3cc2c1C. The van der Waals surface area contributed by atoms with Crippen molar-refractivity contribution in [2.45, 2.75) is 33.6 Å². The molecule has 0 atom stereocenters. The molecule has 1 aromatic carbocycles. The number of aliphatic hydroxyl groups excluding tert-OH is 1. The molecule has 1 aliphatic heterocycles. The van der Waals surface area contributed by atoms with E-state index in [1.165, 1.54) is 0 Å². The number of aliphatic hydroxyl groups is 1. The van der Waals surface area contributed by atoms with Crippen LogP contribution >= 0.6 is 0 Å². The maximum atomic E-state index is 12.7. The van der Waals surface area contributed by atoms with Crippen molar-refractivity contribution in [3.8, 4) is 0 Å². The summed E-state index contributed by atoms with van der Waals surface area (Å²) in [4.78, 5) is 29.3. The number of hydrogen-bond donors (Lipinski definition) is 1. The van der Waals surface area contributed by atoms with Gasteiger partial charge in [0.2, 0.25) is 5.91 Å². The predicted octanol–water partition coefficient (Wildman–Crippen LogP) is 2.53. The molecule has 1 saturated heterocycles. The lowest BCUT2D eigenvalue weighted by molar-refractivity contribution is -0.132. The quantitative estimate of drug-likeness (QED) is 0.648. The summed E-state index contributed by atoms with van der Waals surface area (Å²) < 4.78 is 11.3. The van der Waals surface area contributed by atoms with Gasteiger partial charge >= 0.3 is 5.63 Å². The molecular formula is C23H28N2O5. The Morgan fingerprint density at radius 3 is 2.37 bits per heavy atom. The van der Waals surface area contributed by atoms with Crippen LogP contribution in [0, 0.1) is 20.8 Å². The zero-order valence-electron chi connectivity index (χ0n) is 17.8. The first-order chi connectivity index (χ1) is 14.4. The highest BCUT2D eigenvalue weighted by Crippen LogP contribution is 2.31. The number of hydrogen-bond acceptors (Lipinski definition) is 6. The van der Waals surface area contributed by atoms with Gasteiger partial charge in [-0.2, -0.15) is 0 Å². The van der Waals surface area contributed by atoms with Gasteiger partial charge in [-0.05, 0) is 44.4 Å². The highest BCUT2D eigenvalue weighted by Gasteiger charge is 2.22. The molecular weight excluding hydrogens is 384 g/mol. The molecule has 3 heterocycles. The van der Waals surface area contributed by atoms with E-state index in [0.29, 0.717) is 42.8 Å². The van der Waals surface area contributed by atoms with E-state index in [4.69, 9.17) is 13.9 Å². The molecule has 7 nitrogen and oxygen atoms in total. The van der Waals surface area contributed by atoms with E-state index < -0.39 is 0 Å². The molecule has 0 aliphatic carbocycles. The van der Waals surface area contributed by atoms with Gasteiger partial charge in [-0.15, -0.1) is 0 Å². The van der Waals surface area contributed by atoms with Gasteiger partial charge in [0.15, 0.2) is 0 Å². The molecule has 1 amide bonds. The van der Waals surface area contributed by atoms with Gasteiger partial charge in [0.25, 0.3) is 0 Å². The van der Waals surface area contributed by atoms with E-state index in [0.717, 1.165) is 40.7 Å². The van der Waals surface area contributed by atoms with Gasteiger partial charge in [-0.1, -0.05) is 0 Å². The van der Waals surface area contributed by atoms with E-state index in [9.17, 15) is 9.59 Å². The van der Waals surface area contributed by atoms with Gasteiger partial charge in [-0.25, -0.2) is 4.79 Å². The normalized spacial score (nSPS) is 15.4. The molecule has 0 radical (unpaired) electrons. The Balaban J connectivity index is 1.54. The van der Waals surface area contributed by atoms with E-state index in [-0.39, 0.29) is 24.6 Å². The molecule has 1 N–H and O–H groups in total. The van der Waals surface area contributed by atoms with Crippen molar-refractivity contribution in [3.05, 3.63) is 45.0 Å². The fourth-order valence-corrected chi connectivity index (χ4v) is 4.27. The summed E-state index contributed by atoms with van der Waals surface area (Å²) in [5, 5.41) is 10.9. The van der Waals surface area contributed by atoms with Gasteiger partial charge in [0.1, 0.15) is 16.9 Å². The van der Waals surface area contributed by atoms with Crippen LogP contribution in [-0.2, 0) is 11.2 Å². The van der Waals surface area contributed by atoms with Gasteiger partial charge in [-0.3, -0.25) is 9.69 Å². The van der Waals surface area contributed by atoms with Gasteiger partial charge in [0, 0.05) is 61.5 Å². The van der Waals surface area contributed by atoms with Crippen LogP contribution in [0.25, 0.3) is 21.9 Å². The smallest absolute Gasteiger partial charge is 0.339 e. The summed E-state index contributed by atoms with van der Waals surface area (Å²) in [6.45, 7) is 9.47. The minimum Gasteiger partial charge on any atom is -0.461 e. The average Bonchev–Trinajstić information content (AvgIpc) is 3.00. The minimum atomic E-state index is -0.389. The molecule has 0 spiro atoms. The third-order valence-corrected chi connectivity index (χ3v) is 6.31. The van der Waals surface area contributed by atoms with Crippen LogP contribution < -0.4 is 5.63 Å². The monoisotopic (exact) mass is 412 g/mol. The summed E-state index contributed by atoms with van der Waals surface area (Å²) in [5.74, 6) is 0.902. The number of aryl methyl sites for hydroxylation is 3. The van der Waals surface area contributed by atoms with E-state index >= 15 is 0 Å². The highest BCUT2D eigenvalue weighted by molar-refractivity contribution is 5.96. The number of carbonyl (C=O) groups excluding carboxylic acids is 1. The van der Waals surface area contributed by atoms with Crippen LogP contribution in [0.1, 0.15) is 28.9 Å². The fraction of sp³-hybridized carbons (Fsp3) is 0.478. The molecule has 4 rings (SSSR count). The highest BCUT2D eigenvalue weighted by atomic mass is 16.4. The molecule has 0 saturated carbocycles. The number of furan rings is 1. The van der Waals surface area contributed by atoms with Crippen molar-refractivity contribution in [2.75, 3.05) is 39.3 Å². The second kappa shape index (κ2) is 8.24. The zero-order chi connectivity index (χ0) is 21.4. The lowest BCUT2D eigenvalue weighted by Gasteiger charge is -2.34. The summed E-state index contributed by atoms with van der Waals surface area (Å²) in [5.41, 5.74) is 3.33. The van der Waals surface area contributed by atoms with Crippen molar-refractivity contribution >= 4 is 27.8 Å². The standard InChI is InChI=1S/C23H28N2O5/c1-14-16(3)29-20-13-21-19(12-18(14)20)15(2)17(23(28)30-21)4-5-22(27)25-8-6-24(7-9-25)10-11-26/h12-13,26H,4-11H2,1-3H3. The van der Waals surface area contributed by atoms with Crippen LogP contribution in [0.5, 0.6) is 0 Å². The average molecular weight is 412 g/mol. The molecule has 3 aromatic rings. The Labute approximate surface area is 174 Å². The maximum absolute atomic E-state index is 12.7. The van der Waals surface area contributed by atoms with E-state index in [1.54, 1.807) is 6.07 Å². The number of β-amino-alcohol motifs (C(OH)–C–C–N with tert-alkyl or cyclic N) is 1. The van der Waals surface area contributed by atoms with Crippen molar-refractivity contribution in [2.24, 2.45) is 0 Å². The van der Waals surface area contributed by atoms with Crippen LogP contribution in [0.3, 0.4) is 0 Å². The summed E-state index contributed by atoms with van der Waals surface area (Å²) in [6.07, 6.45) is 0.643. The Morgan fingerprint density at radius 2 is 1.67 bits per heavy atom. The number of benzene rings is 1. The molecule has 0 bridgehead atoms. The Hall–Kier alpha value is -2.64. The van der Waals surface area contributed by atoms with Crippen LogP contribution in [0.4, 0.5) is 0 Å². The van der Waals surface area contributed by atoms with E-state index in [1.807, 2.05) is 31.7 Å². The Bertz CT molecular complexity index is 1150. The third kappa shape index (κ3) is 3.75. The van der Waals surface area contributed by atoms with Crippen LogP contribution in [0.2, 0.25) is 0 Å². The predicted molar refractivity (Wildman–Crippen MR) is 115 cm³/mol. The molecule has 0 unspecified atom stereocenters. The molecule has 160 valence electrons. The van der Waals surface area contributed by atoms with Crippen LogP contribution in [0.15, 0.2) is 25.8 Å². The Kier molecular flexibility index (Phi) is 5.66. The molecule has 2 aromatic heterocycles. The van der Waals surface area contributed by atoms with Crippen LogP contribution in [-0.4, -0.2) is 60.1 Å². The van der Waals surface area contributed by atoms with Crippen molar-refractivity contribution in [3.63, 3.8) is 0 Å². The van der Waals surface area contributed by atoms with E-state index in [2.05, 4.69) is 4.90 Å². The minimum absolute atomic E-state index is 0.0503. The van der Waals surface area contributed by atoms with Crippen molar-refractivity contribution in [1.29, 1.82) is 0 Å². The van der Waals surface area contributed by atoms with Gasteiger partial charge in [0.05, 0.1) is 6.61 Å². The lowest BCUT2D eigenvalue weighted by atomic mass is 10.00. The summed E-state index contributed by atoms with van der Waals surface area (Å²) in [6, 6.07) is 3.79. The summed E-state index contributed by atoms with van der Waals surface area (Å²) >= 11 is 0. The number of rotatable bonds is 5. The maximum Gasteiger partial charge on any atom is 0.339 e. The number of nitrogens with zero attached hydrogens (tertiary/aromatic N) is 2. The topological polar surface area (TPSA) is 87.1 Å². The zero-order valence-corrected chi connectivity index (χ0v) is 17.8. The molecule has 7 heteroatoms.